The van der Waals surface area contributed by atoms with Crippen LogP contribution in [0.4, 0.5) is 0 Å². The molecule has 1 N–H and O–H groups in total. The maximum Gasteiger partial charge on any atom is 0.333 e. The summed E-state index contributed by atoms with van der Waals surface area (Å²) in [7, 11) is 0. The van der Waals surface area contributed by atoms with Gasteiger partial charge in [-0.05, 0) is 13.8 Å². The van der Waals surface area contributed by atoms with Crippen LogP contribution in [0, 0.1) is 0 Å². The van der Waals surface area contributed by atoms with Gasteiger partial charge in [0.05, 0.1) is 5.25 Å². The predicted molar refractivity (Wildman–Crippen MR) is 55.3 cm³/mol. The van der Waals surface area contributed by atoms with E-state index in [0.29, 0.717) is 11.3 Å². The van der Waals surface area contributed by atoms with Crippen molar-refractivity contribution in [2.45, 2.75) is 19.1 Å². The van der Waals surface area contributed by atoms with Crippen molar-refractivity contribution in [2.75, 3.05) is 12.4 Å². The second-order valence-electron chi connectivity index (χ2n) is 2.77. The van der Waals surface area contributed by atoms with Crippen LogP contribution in [0.1, 0.15) is 13.8 Å². The van der Waals surface area contributed by atoms with Crippen molar-refractivity contribution in [1.29, 1.82) is 0 Å². The zero-order chi connectivity index (χ0) is 11.1. The predicted octanol–water partition coefficient (Wildman–Crippen LogP) is 1.31. The molecule has 0 aliphatic rings. The molecule has 5 heteroatoms. The highest BCUT2D eigenvalue weighted by Gasteiger charge is 2.11. The lowest BCUT2D eigenvalue weighted by Gasteiger charge is -2.06. The molecule has 0 spiro atoms. The number of hydrogen-bond donors (Lipinski definition) is 1. The largest absolute Gasteiger partial charge is 0.480 e. The highest BCUT2D eigenvalue weighted by atomic mass is 32.2. The van der Waals surface area contributed by atoms with Gasteiger partial charge in [-0.1, -0.05) is 6.58 Å². The van der Waals surface area contributed by atoms with E-state index < -0.39 is 17.2 Å². The number of carbonyl (C=O) groups is 2. The van der Waals surface area contributed by atoms with E-state index in [0.717, 1.165) is 0 Å². The minimum Gasteiger partial charge on any atom is -0.480 e. The van der Waals surface area contributed by atoms with Crippen molar-refractivity contribution in [3.63, 3.8) is 0 Å². The number of esters is 1. The maximum absolute atomic E-state index is 10.9. The van der Waals surface area contributed by atoms with E-state index in [9.17, 15) is 9.59 Å². The first-order valence-corrected chi connectivity index (χ1v) is 5.17. The van der Waals surface area contributed by atoms with Gasteiger partial charge in [-0.3, -0.25) is 4.79 Å². The molecule has 0 aliphatic heterocycles. The molecule has 0 saturated carbocycles. The standard InChI is InChI=1S/C9H14O4S/c1-6(2)9(12)13-4-5-14-7(3)8(10)11/h7H,1,4-5H2,2-3H3,(H,10,11). The van der Waals surface area contributed by atoms with Crippen LogP contribution in [-0.4, -0.2) is 34.7 Å². The highest BCUT2D eigenvalue weighted by Crippen LogP contribution is 2.09. The van der Waals surface area contributed by atoms with Gasteiger partial charge in [0.25, 0.3) is 0 Å². The minimum atomic E-state index is -0.860. The summed E-state index contributed by atoms with van der Waals surface area (Å²) >= 11 is 1.23. The third kappa shape index (κ3) is 5.64. The fourth-order valence-electron chi connectivity index (χ4n) is 0.554. The Labute approximate surface area is 87.3 Å². The summed E-state index contributed by atoms with van der Waals surface area (Å²) in [6.07, 6.45) is 0. The molecule has 0 amide bonds. The van der Waals surface area contributed by atoms with Gasteiger partial charge >= 0.3 is 11.9 Å². The Morgan fingerprint density at radius 2 is 2.14 bits per heavy atom. The number of rotatable bonds is 6. The van der Waals surface area contributed by atoms with Crippen LogP contribution in [0.15, 0.2) is 12.2 Å². The molecular formula is C9H14O4S. The molecular weight excluding hydrogens is 204 g/mol. The third-order valence-electron chi connectivity index (χ3n) is 1.38. The van der Waals surface area contributed by atoms with Gasteiger partial charge in [0.2, 0.25) is 0 Å². The van der Waals surface area contributed by atoms with Crippen LogP contribution in [0.5, 0.6) is 0 Å². The van der Waals surface area contributed by atoms with Crippen molar-refractivity contribution in [3.05, 3.63) is 12.2 Å². The molecule has 0 fully saturated rings. The Kier molecular flexibility index (Phi) is 6.03. The van der Waals surface area contributed by atoms with Gasteiger partial charge in [0.1, 0.15) is 6.61 Å². The summed E-state index contributed by atoms with van der Waals surface area (Å²) < 4.78 is 4.78. The van der Waals surface area contributed by atoms with E-state index in [4.69, 9.17) is 9.84 Å². The van der Waals surface area contributed by atoms with Gasteiger partial charge in [0, 0.05) is 11.3 Å². The normalized spacial score (nSPS) is 11.9. The van der Waals surface area contributed by atoms with Gasteiger partial charge < -0.3 is 9.84 Å². The van der Waals surface area contributed by atoms with E-state index in [1.807, 2.05) is 0 Å². The topological polar surface area (TPSA) is 63.6 Å². The number of thioether (sulfide) groups is 1. The van der Waals surface area contributed by atoms with Crippen LogP contribution in [0.2, 0.25) is 0 Å². The van der Waals surface area contributed by atoms with Crippen molar-refractivity contribution < 1.29 is 19.4 Å². The lowest BCUT2D eigenvalue weighted by atomic mass is 10.4. The van der Waals surface area contributed by atoms with Crippen LogP contribution in [-0.2, 0) is 14.3 Å². The molecule has 0 bridgehead atoms. The Morgan fingerprint density at radius 3 is 2.57 bits per heavy atom. The molecule has 1 atom stereocenters. The summed E-state index contributed by atoms with van der Waals surface area (Å²) in [5, 5.41) is 8.06. The molecule has 0 saturated heterocycles. The van der Waals surface area contributed by atoms with E-state index >= 15 is 0 Å². The molecule has 0 aromatic heterocycles. The molecule has 0 aliphatic carbocycles. The zero-order valence-corrected chi connectivity index (χ0v) is 9.10. The van der Waals surface area contributed by atoms with Gasteiger partial charge in [-0.15, -0.1) is 11.8 Å². The second-order valence-corrected chi connectivity index (χ2v) is 4.22. The minimum absolute atomic E-state index is 0.216. The monoisotopic (exact) mass is 218 g/mol. The Bertz CT molecular complexity index is 237. The van der Waals surface area contributed by atoms with Crippen molar-refractivity contribution in [1.82, 2.24) is 0 Å². The number of carbonyl (C=O) groups excluding carboxylic acids is 1. The number of carboxylic acid groups (broad SMARTS) is 1. The van der Waals surface area contributed by atoms with Gasteiger partial charge in [0.15, 0.2) is 0 Å². The molecule has 4 nitrogen and oxygen atoms in total. The van der Waals surface area contributed by atoms with E-state index in [1.165, 1.54) is 11.8 Å². The number of ether oxygens (including phenoxy) is 1. The summed E-state index contributed by atoms with van der Waals surface area (Å²) in [4.78, 5) is 21.3. The fourth-order valence-corrected chi connectivity index (χ4v) is 1.23. The van der Waals surface area contributed by atoms with Crippen LogP contribution in [0.3, 0.4) is 0 Å². The van der Waals surface area contributed by atoms with Gasteiger partial charge in [-0.2, -0.15) is 0 Å². The van der Waals surface area contributed by atoms with E-state index in [-0.39, 0.29) is 6.61 Å². The van der Waals surface area contributed by atoms with Crippen molar-refractivity contribution >= 4 is 23.7 Å². The number of carboxylic acids is 1. The van der Waals surface area contributed by atoms with Crippen LogP contribution >= 0.6 is 11.8 Å². The van der Waals surface area contributed by atoms with Crippen LogP contribution in [0.25, 0.3) is 0 Å². The molecule has 0 radical (unpaired) electrons. The Hall–Kier alpha value is -0.970. The summed E-state index contributed by atoms with van der Waals surface area (Å²) in [5.41, 5.74) is 0.348. The quantitative estimate of drug-likeness (QED) is 0.414. The Morgan fingerprint density at radius 1 is 1.57 bits per heavy atom. The Balaban J connectivity index is 3.52. The lowest BCUT2D eigenvalue weighted by Crippen LogP contribution is -2.14. The smallest absolute Gasteiger partial charge is 0.333 e. The van der Waals surface area contributed by atoms with Crippen LogP contribution < -0.4 is 0 Å². The van der Waals surface area contributed by atoms with Crippen molar-refractivity contribution in [2.24, 2.45) is 0 Å². The zero-order valence-electron chi connectivity index (χ0n) is 8.28. The summed E-state index contributed by atoms with van der Waals surface area (Å²) in [6.45, 7) is 6.79. The molecule has 80 valence electrons. The SMILES string of the molecule is C=C(C)C(=O)OCCSC(C)C(=O)O. The number of hydrogen-bond acceptors (Lipinski definition) is 4. The van der Waals surface area contributed by atoms with Gasteiger partial charge in [-0.25, -0.2) is 4.79 Å². The van der Waals surface area contributed by atoms with Crippen molar-refractivity contribution in [3.8, 4) is 0 Å². The first kappa shape index (κ1) is 13.0. The molecule has 0 aromatic carbocycles. The lowest BCUT2D eigenvalue weighted by molar-refractivity contribution is -0.138. The van der Waals surface area contributed by atoms with E-state index in [2.05, 4.69) is 6.58 Å². The molecule has 0 rings (SSSR count). The molecule has 0 aromatic rings. The second kappa shape index (κ2) is 6.48. The summed E-state index contributed by atoms with van der Waals surface area (Å²) in [6, 6.07) is 0. The van der Waals surface area contributed by atoms with E-state index in [1.54, 1.807) is 13.8 Å². The highest BCUT2D eigenvalue weighted by molar-refractivity contribution is 8.00. The molecule has 14 heavy (non-hydrogen) atoms. The molecule has 1 unspecified atom stereocenters. The first-order chi connectivity index (χ1) is 6.45. The average molecular weight is 218 g/mol. The third-order valence-corrected chi connectivity index (χ3v) is 2.48. The average Bonchev–Trinajstić information content (AvgIpc) is 2.11. The first-order valence-electron chi connectivity index (χ1n) is 4.12. The number of aliphatic carboxylic acids is 1. The maximum atomic E-state index is 10.9. The fraction of sp³-hybridized carbons (Fsp3) is 0.556. The molecule has 0 heterocycles. The summed E-state index contributed by atoms with van der Waals surface area (Å²) in [5.74, 6) is -0.818.